The minimum atomic E-state index is -5.17. The molecule has 1 amide bonds. The van der Waals surface area contributed by atoms with Gasteiger partial charge in [-0.3, -0.25) is 9.59 Å². The third-order valence-electron chi connectivity index (χ3n) is 2.91. The van der Waals surface area contributed by atoms with Crippen LogP contribution in [0.25, 0.3) is 0 Å². The van der Waals surface area contributed by atoms with E-state index in [1.807, 2.05) is 0 Å². The number of aryl methyl sites for hydroxylation is 2. The molecule has 1 aromatic rings. The van der Waals surface area contributed by atoms with E-state index in [4.69, 9.17) is 0 Å². The first kappa shape index (κ1) is 12.7. The van der Waals surface area contributed by atoms with Gasteiger partial charge in [0, 0.05) is 0 Å². The van der Waals surface area contributed by atoms with Gasteiger partial charge in [-0.2, -0.15) is 0 Å². The molecule has 18 heavy (non-hydrogen) atoms. The fraction of sp³-hybridized carbons (Fsp3) is 0.273. The molecule has 0 bridgehead atoms. The quantitative estimate of drug-likeness (QED) is 0.601. The molecule has 0 saturated carbocycles. The van der Waals surface area contributed by atoms with Gasteiger partial charge in [-0.15, -0.1) is 0 Å². The van der Waals surface area contributed by atoms with Crippen LogP contribution in [-0.4, -0.2) is 25.1 Å². The molecule has 96 valence electrons. The normalized spacial score (nSPS) is 15.3. The van der Waals surface area contributed by atoms with Crippen molar-refractivity contribution in [2.24, 2.45) is 0 Å². The van der Waals surface area contributed by atoms with Gasteiger partial charge in [0.1, 0.15) is 0 Å². The van der Waals surface area contributed by atoms with Crippen molar-refractivity contribution >= 4 is 24.4 Å². The van der Waals surface area contributed by atoms with E-state index in [1.54, 1.807) is 26.0 Å². The Hall–Kier alpha value is -1.79. The van der Waals surface area contributed by atoms with Crippen LogP contribution in [0, 0.1) is 13.8 Å². The first-order valence-electron chi connectivity index (χ1n) is 5.40. The third-order valence-corrected chi connectivity index (χ3v) is 2.91. The van der Waals surface area contributed by atoms with E-state index in [-0.39, 0.29) is 11.3 Å². The van der Waals surface area contributed by atoms with Crippen molar-refractivity contribution in [1.82, 2.24) is 0 Å². The molecule has 0 aliphatic carbocycles. The zero-order valence-corrected chi connectivity index (χ0v) is 9.84. The van der Waals surface area contributed by atoms with E-state index >= 15 is 0 Å². The number of nitrogens with zero attached hydrogens (tertiary/aromatic N) is 1. The van der Waals surface area contributed by atoms with Crippen LogP contribution >= 0.6 is 0 Å². The highest BCUT2D eigenvalue weighted by Crippen LogP contribution is 2.35. The summed E-state index contributed by atoms with van der Waals surface area (Å²) in [7, 11) is 0. The average Bonchev–Trinajstić information content (AvgIpc) is 2.48. The minimum absolute atomic E-state index is 0.0973. The summed E-state index contributed by atoms with van der Waals surface area (Å²) in [4.78, 5) is 23.9. The molecule has 0 radical (unpaired) electrons. The zero-order chi connectivity index (χ0) is 13.7. The Bertz CT molecular complexity index is 554. The number of anilines is 1. The van der Waals surface area contributed by atoms with Crippen LogP contribution in [0.3, 0.4) is 0 Å². The highest BCUT2D eigenvalue weighted by atomic mass is 19.4. The molecule has 2 rings (SSSR count). The van der Waals surface area contributed by atoms with Crippen LogP contribution in [0.15, 0.2) is 12.1 Å². The van der Waals surface area contributed by atoms with Gasteiger partial charge in [0.25, 0.3) is 11.7 Å². The maximum Gasteiger partial charge on any atom is 0.497 e. The van der Waals surface area contributed by atoms with Crippen LogP contribution in [0.2, 0.25) is 0 Å². The van der Waals surface area contributed by atoms with E-state index in [9.17, 15) is 22.5 Å². The van der Waals surface area contributed by atoms with Crippen molar-refractivity contribution in [2.75, 3.05) is 11.3 Å². The van der Waals surface area contributed by atoms with Crippen molar-refractivity contribution in [1.29, 1.82) is 0 Å². The predicted octanol–water partition coefficient (Wildman–Crippen LogP) is 2.22. The molecule has 1 aromatic carbocycles. The van der Waals surface area contributed by atoms with Gasteiger partial charge in [0.2, 0.25) is 0 Å². The SMILES string of the molecule is Cc1ccc(C)c2c1C(=O)C(=O)N2C[B-](F)(F)F. The van der Waals surface area contributed by atoms with Crippen LogP contribution in [0.1, 0.15) is 21.5 Å². The highest BCUT2D eigenvalue weighted by molar-refractivity contribution is 6.62. The summed E-state index contributed by atoms with van der Waals surface area (Å²) in [5.74, 6) is -1.95. The predicted molar refractivity (Wildman–Crippen MR) is 61.7 cm³/mol. The topological polar surface area (TPSA) is 37.4 Å². The summed E-state index contributed by atoms with van der Waals surface area (Å²) in [6, 6.07) is 3.23. The van der Waals surface area contributed by atoms with Crippen LogP contribution in [-0.2, 0) is 4.79 Å². The van der Waals surface area contributed by atoms with E-state index in [0.717, 1.165) is 0 Å². The van der Waals surface area contributed by atoms with Crippen molar-refractivity contribution < 1.29 is 22.5 Å². The fourth-order valence-corrected chi connectivity index (χ4v) is 2.14. The maximum absolute atomic E-state index is 12.5. The Kier molecular flexibility index (Phi) is 2.72. The summed E-state index contributed by atoms with van der Waals surface area (Å²) in [5, 5.41) is 0. The van der Waals surface area contributed by atoms with E-state index < -0.39 is 25.1 Å². The lowest BCUT2D eigenvalue weighted by Crippen LogP contribution is -2.41. The van der Waals surface area contributed by atoms with Gasteiger partial charge >= 0.3 is 6.98 Å². The second-order valence-electron chi connectivity index (χ2n) is 4.38. The molecule has 0 fully saturated rings. The molecule has 0 unspecified atom stereocenters. The van der Waals surface area contributed by atoms with Crippen molar-refractivity contribution in [2.45, 2.75) is 13.8 Å². The number of carbonyl (C=O) groups excluding carboxylic acids is 2. The standard InChI is InChI=1S/C11H10BF3NO2/c1-6-3-4-7(2)9-8(6)10(17)11(18)16(9)5-12(13,14)15/h3-4H,5H2,1-2H3/q-1. The number of rotatable bonds is 2. The van der Waals surface area contributed by atoms with Gasteiger partial charge in [0.05, 0.1) is 11.3 Å². The number of hydrogen-bond donors (Lipinski definition) is 0. The van der Waals surface area contributed by atoms with Gasteiger partial charge in [0.15, 0.2) is 0 Å². The zero-order valence-electron chi connectivity index (χ0n) is 9.84. The summed E-state index contributed by atoms with van der Waals surface area (Å²) < 4.78 is 37.5. The van der Waals surface area contributed by atoms with Crippen LogP contribution in [0.4, 0.5) is 18.6 Å². The number of benzene rings is 1. The Balaban J connectivity index is 2.58. The third kappa shape index (κ3) is 1.89. The molecule has 0 N–H and O–H groups in total. The maximum atomic E-state index is 12.5. The first-order valence-corrected chi connectivity index (χ1v) is 5.40. The lowest BCUT2D eigenvalue weighted by molar-refractivity contribution is -0.114. The van der Waals surface area contributed by atoms with Crippen LogP contribution in [0.5, 0.6) is 0 Å². The van der Waals surface area contributed by atoms with Gasteiger partial charge < -0.3 is 17.8 Å². The number of fused-ring (bicyclic) bond motifs is 1. The van der Waals surface area contributed by atoms with Crippen molar-refractivity contribution in [3.05, 3.63) is 28.8 Å². The molecule has 0 atom stereocenters. The number of halogens is 3. The van der Waals surface area contributed by atoms with Gasteiger partial charge in [-0.25, -0.2) is 0 Å². The monoisotopic (exact) mass is 256 g/mol. The molecular formula is C11H10BF3NO2-. The van der Waals surface area contributed by atoms with E-state index in [0.29, 0.717) is 16.0 Å². The fourth-order valence-electron chi connectivity index (χ4n) is 2.14. The Morgan fingerprint density at radius 2 is 1.67 bits per heavy atom. The lowest BCUT2D eigenvalue weighted by atomic mass is 9.91. The molecule has 1 aliphatic heterocycles. The molecular weight excluding hydrogens is 246 g/mol. The summed E-state index contributed by atoms with van der Waals surface area (Å²) in [6.45, 7) is -1.98. The molecule has 0 aromatic heterocycles. The highest BCUT2D eigenvalue weighted by Gasteiger charge is 2.41. The number of hydrogen-bond acceptors (Lipinski definition) is 2. The van der Waals surface area contributed by atoms with E-state index in [2.05, 4.69) is 0 Å². The molecule has 0 saturated heterocycles. The average molecular weight is 256 g/mol. The largest absolute Gasteiger partial charge is 0.497 e. The Labute approximate surface area is 102 Å². The molecule has 7 heteroatoms. The lowest BCUT2D eigenvalue weighted by Gasteiger charge is -2.24. The van der Waals surface area contributed by atoms with E-state index in [1.165, 1.54) is 0 Å². The minimum Gasteiger partial charge on any atom is -0.448 e. The first-order chi connectivity index (χ1) is 8.22. The number of carbonyl (C=O) groups is 2. The number of Topliss-reactive ketones (excluding diaryl/α,β-unsaturated/α-hetero) is 1. The number of amides is 1. The summed E-state index contributed by atoms with van der Waals surface area (Å²) in [5.41, 5.74) is 1.21. The smallest absolute Gasteiger partial charge is 0.448 e. The summed E-state index contributed by atoms with van der Waals surface area (Å²) >= 11 is 0. The molecule has 1 aliphatic rings. The second kappa shape index (κ2) is 3.86. The van der Waals surface area contributed by atoms with Gasteiger partial charge in [-0.05, 0) is 31.4 Å². The Morgan fingerprint density at radius 3 is 2.22 bits per heavy atom. The number of ketones is 1. The van der Waals surface area contributed by atoms with Gasteiger partial charge in [-0.1, -0.05) is 12.1 Å². The molecule has 3 nitrogen and oxygen atoms in total. The van der Waals surface area contributed by atoms with Crippen molar-refractivity contribution in [3.63, 3.8) is 0 Å². The summed E-state index contributed by atoms with van der Waals surface area (Å²) in [6.07, 6.45) is -1.37. The Morgan fingerprint density at radius 1 is 1.11 bits per heavy atom. The van der Waals surface area contributed by atoms with Crippen molar-refractivity contribution in [3.8, 4) is 0 Å². The second-order valence-corrected chi connectivity index (χ2v) is 4.38. The molecule has 1 heterocycles. The van der Waals surface area contributed by atoms with Crippen LogP contribution < -0.4 is 4.90 Å². The molecule has 0 spiro atoms.